The van der Waals surface area contributed by atoms with Crippen LogP contribution in [0.15, 0.2) is 24.3 Å². The number of hydrogen-bond acceptors (Lipinski definition) is 4. The molecule has 5 nitrogen and oxygen atoms in total. The van der Waals surface area contributed by atoms with Gasteiger partial charge in [-0.05, 0) is 76.6 Å². The second kappa shape index (κ2) is 14.4. The lowest BCUT2D eigenvalue weighted by atomic mass is 9.93. The molecule has 0 aromatic heterocycles. The summed E-state index contributed by atoms with van der Waals surface area (Å²) in [4.78, 5) is 25.4. The summed E-state index contributed by atoms with van der Waals surface area (Å²) in [6.45, 7) is 7.32. The molecular weight excluding hydrogens is 414 g/mol. The molecular formula is C28H45NO4. The van der Waals surface area contributed by atoms with Crippen molar-refractivity contribution >= 4 is 11.8 Å². The number of carbonyl (C=O) groups excluding carboxylic acids is 1. The van der Waals surface area contributed by atoms with E-state index in [0.29, 0.717) is 24.0 Å². The highest BCUT2D eigenvalue weighted by Gasteiger charge is 2.33. The Hall–Kier alpha value is -1.88. The third-order valence-electron chi connectivity index (χ3n) is 7.12. The number of ether oxygens (including phenoxy) is 1. The van der Waals surface area contributed by atoms with Crippen LogP contribution in [-0.2, 0) is 16.0 Å². The number of aliphatic carboxylic acids is 1. The van der Waals surface area contributed by atoms with Crippen LogP contribution >= 0.6 is 0 Å². The summed E-state index contributed by atoms with van der Waals surface area (Å²) in [5, 5.41) is 9.51. The number of carboxylic acids is 1. The summed E-state index contributed by atoms with van der Waals surface area (Å²) in [5.41, 5.74) is -0.00152. The van der Waals surface area contributed by atoms with Crippen molar-refractivity contribution in [3.63, 3.8) is 0 Å². The van der Waals surface area contributed by atoms with E-state index in [1.165, 1.54) is 56.9 Å². The molecule has 5 heteroatoms. The Bertz CT molecular complexity index is 728. The molecule has 1 N–H and O–H groups in total. The summed E-state index contributed by atoms with van der Waals surface area (Å²) in [6.07, 6.45) is 14.6. The summed E-state index contributed by atoms with van der Waals surface area (Å²) < 4.78 is 5.87. The molecule has 0 aliphatic heterocycles. The molecule has 0 spiro atoms. The Morgan fingerprint density at radius 1 is 1.06 bits per heavy atom. The topological polar surface area (TPSA) is 66.8 Å². The molecule has 1 aliphatic carbocycles. The first-order chi connectivity index (χ1) is 15.8. The number of ketones is 1. The maximum absolute atomic E-state index is 11.6. The van der Waals surface area contributed by atoms with E-state index < -0.39 is 11.6 Å². The van der Waals surface area contributed by atoms with Gasteiger partial charge in [0.1, 0.15) is 11.5 Å². The van der Waals surface area contributed by atoms with Crippen LogP contribution in [0.25, 0.3) is 0 Å². The van der Waals surface area contributed by atoms with Gasteiger partial charge in [-0.25, -0.2) is 4.79 Å². The standard InChI is InChI=1S/C28H45NO4/c1-4-28(3,27(31)32)33-26-18-13-15-24(22-26)19-21-29(25-16-10-8-11-17-25)20-12-7-5-6-9-14-23(2)30/h13,15,18,22,25H,4-12,14,16-17,19-21H2,1-3H3,(H,31,32). The summed E-state index contributed by atoms with van der Waals surface area (Å²) in [7, 11) is 0. The van der Waals surface area contributed by atoms with Crippen LogP contribution < -0.4 is 4.74 Å². The normalized spacial score (nSPS) is 16.5. The zero-order valence-electron chi connectivity index (χ0n) is 21.1. The zero-order chi connectivity index (χ0) is 24.1. The fraction of sp³-hybridized carbons (Fsp3) is 0.714. The van der Waals surface area contributed by atoms with Crippen molar-refractivity contribution in [3.05, 3.63) is 29.8 Å². The molecule has 0 radical (unpaired) electrons. The Labute approximate surface area is 200 Å². The van der Waals surface area contributed by atoms with E-state index in [9.17, 15) is 14.7 Å². The third-order valence-corrected chi connectivity index (χ3v) is 7.12. The van der Waals surface area contributed by atoms with Crippen molar-refractivity contribution in [2.75, 3.05) is 13.1 Å². The van der Waals surface area contributed by atoms with E-state index in [2.05, 4.69) is 11.0 Å². The van der Waals surface area contributed by atoms with Gasteiger partial charge in [0.05, 0.1) is 0 Å². The Balaban J connectivity index is 1.88. The van der Waals surface area contributed by atoms with Gasteiger partial charge in [-0.15, -0.1) is 0 Å². The van der Waals surface area contributed by atoms with Crippen molar-refractivity contribution in [1.82, 2.24) is 4.90 Å². The molecule has 1 unspecified atom stereocenters. The molecule has 1 fully saturated rings. The van der Waals surface area contributed by atoms with Gasteiger partial charge in [0.2, 0.25) is 5.60 Å². The van der Waals surface area contributed by atoms with E-state index in [4.69, 9.17) is 4.74 Å². The van der Waals surface area contributed by atoms with Gasteiger partial charge in [0.25, 0.3) is 0 Å². The van der Waals surface area contributed by atoms with E-state index in [0.717, 1.165) is 38.8 Å². The molecule has 1 aliphatic rings. The second-order valence-electron chi connectivity index (χ2n) is 9.94. The van der Waals surface area contributed by atoms with Crippen molar-refractivity contribution in [2.45, 2.75) is 116 Å². The summed E-state index contributed by atoms with van der Waals surface area (Å²) in [5.74, 6) is 0.00409. The van der Waals surface area contributed by atoms with Crippen LogP contribution in [0.2, 0.25) is 0 Å². The molecule has 1 saturated carbocycles. The van der Waals surface area contributed by atoms with Gasteiger partial charge in [-0.2, -0.15) is 0 Å². The lowest BCUT2D eigenvalue weighted by Crippen LogP contribution is -2.40. The maximum Gasteiger partial charge on any atom is 0.347 e. The number of rotatable bonds is 16. The summed E-state index contributed by atoms with van der Waals surface area (Å²) >= 11 is 0. The average molecular weight is 460 g/mol. The highest BCUT2D eigenvalue weighted by Crippen LogP contribution is 2.25. The zero-order valence-corrected chi connectivity index (χ0v) is 21.1. The predicted molar refractivity (Wildman–Crippen MR) is 134 cm³/mol. The highest BCUT2D eigenvalue weighted by molar-refractivity contribution is 5.77. The molecule has 186 valence electrons. The number of benzene rings is 1. The molecule has 1 aromatic carbocycles. The van der Waals surface area contributed by atoms with Crippen LogP contribution in [-0.4, -0.2) is 46.5 Å². The molecule has 1 atom stereocenters. The molecule has 0 bridgehead atoms. The Morgan fingerprint density at radius 3 is 2.42 bits per heavy atom. The smallest absolute Gasteiger partial charge is 0.347 e. The Kier molecular flexibility index (Phi) is 11.9. The lowest BCUT2D eigenvalue weighted by Gasteiger charge is -2.34. The van der Waals surface area contributed by atoms with Crippen molar-refractivity contribution < 1.29 is 19.4 Å². The van der Waals surface area contributed by atoms with Gasteiger partial charge >= 0.3 is 5.97 Å². The number of carboxylic acid groups (broad SMARTS) is 1. The van der Waals surface area contributed by atoms with Crippen LogP contribution in [0, 0.1) is 0 Å². The van der Waals surface area contributed by atoms with Gasteiger partial charge in [-0.3, -0.25) is 0 Å². The van der Waals surface area contributed by atoms with Crippen molar-refractivity contribution in [1.29, 1.82) is 0 Å². The number of carbonyl (C=O) groups is 2. The molecule has 0 saturated heterocycles. The predicted octanol–water partition coefficient (Wildman–Crippen LogP) is 6.43. The fourth-order valence-electron chi connectivity index (χ4n) is 4.71. The average Bonchev–Trinajstić information content (AvgIpc) is 2.80. The van der Waals surface area contributed by atoms with Gasteiger partial charge in [0.15, 0.2) is 0 Å². The number of nitrogens with zero attached hydrogens (tertiary/aromatic N) is 1. The SMILES string of the molecule is CCC(C)(Oc1cccc(CCN(CCCCCCCC(C)=O)C2CCCCC2)c1)C(=O)O. The molecule has 1 aromatic rings. The molecule has 0 heterocycles. The number of hydrogen-bond donors (Lipinski definition) is 1. The monoisotopic (exact) mass is 459 g/mol. The van der Waals surface area contributed by atoms with Gasteiger partial charge in [-0.1, -0.05) is 57.6 Å². The lowest BCUT2D eigenvalue weighted by molar-refractivity contribution is -0.154. The van der Waals surface area contributed by atoms with Gasteiger partial charge in [0, 0.05) is 19.0 Å². The molecule has 2 rings (SSSR count). The third kappa shape index (κ3) is 9.87. The minimum absolute atomic E-state index is 0.301. The van der Waals surface area contributed by atoms with Crippen LogP contribution in [0.3, 0.4) is 0 Å². The van der Waals surface area contributed by atoms with Gasteiger partial charge < -0.3 is 19.5 Å². The Morgan fingerprint density at radius 2 is 1.76 bits per heavy atom. The maximum atomic E-state index is 11.6. The van der Waals surface area contributed by atoms with E-state index in [1.54, 1.807) is 13.8 Å². The quantitative estimate of drug-likeness (QED) is 0.289. The fourth-order valence-corrected chi connectivity index (χ4v) is 4.71. The second-order valence-corrected chi connectivity index (χ2v) is 9.94. The first-order valence-corrected chi connectivity index (χ1v) is 13.1. The first kappa shape index (κ1) is 27.4. The number of unbranched alkanes of at least 4 members (excludes halogenated alkanes) is 4. The highest BCUT2D eigenvalue weighted by atomic mass is 16.5. The van der Waals surface area contributed by atoms with E-state index >= 15 is 0 Å². The molecule has 0 amide bonds. The van der Waals surface area contributed by atoms with Crippen molar-refractivity contribution in [2.24, 2.45) is 0 Å². The van der Waals surface area contributed by atoms with Crippen molar-refractivity contribution in [3.8, 4) is 5.75 Å². The van der Waals surface area contributed by atoms with Crippen LogP contribution in [0.1, 0.15) is 103 Å². The first-order valence-electron chi connectivity index (χ1n) is 13.1. The minimum atomic E-state index is -1.20. The minimum Gasteiger partial charge on any atom is -0.478 e. The summed E-state index contributed by atoms with van der Waals surface area (Å²) in [6, 6.07) is 8.63. The van der Waals surface area contributed by atoms with Crippen LogP contribution in [0.4, 0.5) is 0 Å². The van der Waals surface area contributed by atoms with E-state index in [-0.39, 0.29) is 0 Å². The molecule has 33 heavy (non-hydrogen) atoms. The largest absolute Gasteiger partial charge is 0.478 e. The van der Waals surface area contributed by atoms with E-state index in [1.807, 2.05) is 25.1 Å². The number of Topliss-reactive ketones (excluding diaryl/α,β-unsaturated/α-hetero) is 1. The van der Waals surface area contributed by atoms with Crippen LogP contribution in [0.5, 0.6) is 5.75 Å².